The molecule has 0 saturated carbocycles. The van der Waals surface area contributed by atoms with Crippen molar-refractivity contribution in [2.24, 2.45) is 0 Å². The lowest BCUT2D eigenvalue weighted by molar-refractivity contribution is -0.137. The van der Waals surface area contributed by atoms with Crippen molar-refractivity contribution in [3.05, 3.63) is 35.4 Å². The number of alkyl halides is 3. The molecule has 0 nitrogen and oxygen atoms in total. The molecule has 0 aliphatic heterocycles. The molecule has 0 radical (unpaired) electrons. The van der Waals surface area contributed by atoms with Crippen LogP contribution in [0.25, 0.3) is 0 Å². The molecule has 0 heterocycles. The van der Waals surface area contributed by atoms with Crippen LogP contribution < -0.4 is 0 Å². The van der Waals surface area contributed by atoms with E-state index in [2.05, 4.69) is 13.8 Å². The first-order valence-corrected chi connectivity index (χ1v) is 8.16. The van der Waals surface area contributed by atoms with Crippen molar-refractivity contribution in [1.82, 2.24) is 0 Å². The lowest BCUT2D eigenvalue weighted by atomic mass is 9.88. The molecule has 0 saturated heterocycles. The van der Waals surface area contributed by atoms with Gasteiger partial charge in [0.25, 0.3) is 0 Å². The number of hydrogen-bond donors (Lipinski definition) is 0. The van der Waals surface area contributed by atoms with Crippen LogP contribution in [0.15, 0.2) is 24.3 Å². The minimum atomic E-state index is -4.24. The number of unbranched alkanes of at least 4 members (excludes halogenated alkanes) is 4. The van der Waals surface area contributed by atoms with E-state index in [0.29, 0.717) is 5.92 Å². The summed E-state index contributed by atoms with van der Waals surface area (Å²) in [6.07, 6.45) is 5.01. The fraction of sp³-hybridized carbons (Fsp3) is 0.667. The summed E-state index contributed by atoms with van der Waals surface area (Å²) in [5.74, 6) is 0.408. The van der Waals surface area contributed by atoms with Gasteiger partial charge < -0.3 is 0 Å². The molecule has 0 spiro atoms. The molecule has 0 aromatic heterocycles. The average Bonchev–Trinajstić information content (AvgIpc) is 2.45. The summed E-state index contributed by atoms with van der Waals surface area (Å²) < 4.78 is 37.9. The second-order valence-corrected chi connectivity index (χ2v) is 5.81. The van der Waals surface area contributed by atoms with Crippen LogP contribution in [0.1, 0.15) is 82.3 Å². The fourth-order valence-corrected chi connectivity index (χ4v) is 2.70. The van der Waals surface area contributed by atoms with Crippen molar-refractivity contribution >= 4 is 0 Å². The van der Waals surface area contributed by atoms with E-state index in [4.69, 9.17) is 0 Å². The zero-order valence-electron chi connectivity index (χ0n) is 13.2. The number of halogens is 3. The Hall–Kier alpha value is -0.990. The minimum absolute atomic E-state index is 0.408. The van der Waals surface area contributed by atoms with E-state index in [0.717, 1.165) is 31.2 Å². The van der Waals surface area contributed by atoms with Gasteiger partial charge in [-0.2, -0.15) is 13.2 Å². The van der Waals surface area contributed by atoms with Gasteiger partial charge in [-0.25, -0.2) is 0 Å². The maximum absolute atomic E-state index is 12.6. The zero-order valence-corrected chi connectivity index (χ0v) is 13.2. The normalized spacial score (nSPS) is 12.1. The van der Waals surface area contributed by atoms with E-state index in [9.17, 15) is 13.2 Å². The molecule has 0 aliphatic carbocycles. The molecule has 0 aliphatic rings. The van der Waals surface area contributed by atoms with E-state index < -0.39 is 11.7 Å². The summed E-state index contributed by atoms with van der Waals surface area (Å²) in [5, 5.41) is 0. The predicted octanol–water partition coefficient (Wildman–Crippen LogP) is 6.95. The van der Waals surface area contributed by atoms with Crippen LogP contribution in [-0.4, -0.2) is 0 Å². The molecule has 0 N–H and O–H groups in total. The molecule has 0 atom stereocenters. The maximum Gasteiger partial charge on any atom is 0.416 e. The lowest BCUT2D eigenvalue weighted by Gasteiger charge is -2.18. The number of hydrogen-bond acceptors (Lipinski definition) is 0. The Morgan fingerprint density at radius 1 is 0.810 bits per heavy atom. The van der Waals surface area contributed by atoms with Gasteiger partial charge in [-0.05, 0) is 36.5 Å². The van der Waals surface area contributed by atoms with Gasteiger partial charge in [0.15, 0.2) is 0 Å². The zero-order chi connectivity index (χ0) is 15.7. The highest BCUT2D eigenvalue weighted by molar-refractivity contribution is 5.27. The first kappa shape index (κ1) is 18.1. The Morgan fingerprint density at radius 3 is 1.67 bits per heavy atom. The molecule has 21 heavy (non-hydrogen) atoms. The molecule has 0 unspecified atom stereocenters. The highest BCUT2D eigenvalue weighted by atomic mass is 19.4. The van der Waals surface area contributed by atoms with Crippen LogP contribution in [0.2, 0.25) is 0 Å². The van der Waals surface area contributed by atoms with Crippen LogP contribution in [0.5, 0.6) is 0 Å². The number of rotatable bonds is 9. The minimum Gasteiger partial charge on any atom is -0.166 e. The molecule has 1 aromatic rings. The van der Waals surface area contributed by atoms with Crippen LogP contribution in [0, 0.1) is 0 Å². The third-order valence-corrected chi connectivity index (χ3v) is 4.02. The summed E-state index contributed by atoms with van der Waals surface area (Å²) in [7, 11) is 0. The molecule has 1 aromatic carbocycles. The van der Waals surface area contributed by atoms with Crippen LogP contribution in [-0.2, 0) is 6.18 Å². The Bertz CT molecular complexity index is 368. The van der Waals surface area contributed by atoms with Crippen LogP contribution >= 0.6 is 0 Å². The van der Waals surface area contributed by atoms with E-state index in [1.54, 1.807) is 12.1 Å². The summed E-state index contributed by atoms with van der Waals surface area (Å²) in [6, 6.07) is 5.79. The van der Waals surface area contributed by atoms with Gasteiger partial charge in [0.05, 0.1) is 5.56 Å². The van der Waals surface area contributed by atoms with Gasteiger partial charge in [0, 0.05) is 0 Å². The Morgan fingerprint density at radius 2 is 1.29 bits per heavy atom. The first-order valence-electron chi connectivity index (χ1n) is 8.16. The van der Waals surface area contributed by atoms with Crippen molar-refractivity contribution < 1.29 is 13.2 Å². The van der Waals surface area contributed by atoms with Crippen molar-refractivity contribution in [3.63, 3.8) is 0 Å². The van der Waals surface area contributed by atoms with Crippen LogP contribution in [0.4, 0.5) is 13.2 Å². The predicted molar refractivity (Wildman–Crippen MR) is 82.5 cm³/mol. The standard InChI is InChI=1S/C18H27F3/c1-3-5-7-9-15(10-8-6-4-2)16-11-13-17(14-12-16)18(19,20)21/h11-15H,3-10H2,1-2H3. The van der Waals surface area contributed by atoms with Crippen molar-refractivity contribution in [2.75, 3.05) is 0 Å². The van der Waals surface area contributed by atoms with Gasteiger partial charge in [0.2, 0.25) is 0 Å². The molecule has 3 heteroatoms. The van der Waals surface area contributed by atoms with Crippen LogP contribution in [0.3, 0.4) is 0 Å². The van der Waals surface area contributed by atoms with E-state index >= 15 is 0 Å². The molecular weight excluding hydrogens is 273 g/mol. The van der Waals surface area contributed by atoms with Gasteiger partial charge in [-0.15, -0.1) is 0 Å². The van der Waals surface area contributed by atoms with Gasteiger partial charge in [-0.3, -0.25) is 0 Å². The highest BCUT2D eigenvalue weighted by Gasteiger charge is 2.30. The molecule has 0 bridgehead atoms. The third kappa shape index (κ3) is 6.54. The monoisotopic (exact) mass is 300 g/mol. The quantitative estimate of drug-likeness (QED) is 0.433. The molecule has 1 rings (SSSR count). The van der Waals surface area contributed by atoms with Crippen molar-refractivity contribution in [2.45, 2.75) is 77.3 Å². The van der Waals surface area contributed by atoms with Gasteiger partial charge in [-0.1, -0.05) is 64.5 Å². The smallest absolute Gasteiger partial charge is 0.166 e. The molecular formula is C18H27F3. The maximum atomic E-state index is 12.6. The highest BCUT2D eigenvalue weighted by Crippen LogP contribution is 2.33. The third-order valence-electron chi connectivity index (χ3n) is 4.02. The van der Waals surface area contributed by atoms with E-state index in [1.165, 1.54) is 37.8 Å². The molecule has 120 valence electrons. The lowest BCUT2D eigenvalue weighted by Crippen LogP contribution is -2.06. The topological polar surface area (TPSA) is 0 Å². The van der Waals surface area contributed by atoms with Gasteiger partial charge >= 0.3 is 6.18 Å². The van der Waals surface area contributed by atoms with E-state index in [1.807, 2.05) is 0 Å². The summed E-state index contributed by atoms with van der Waals surface area (Å²) >= 11 is 0. The largest absolute Gasteiger partial charge is 0.416 e. The Labute approximate surface area is 126 Å². The summed E-state index contributed by atoms with van der Waals surface area (Å²) in [5.41, 5.74) is 0.516. The van der Waals surface area contributed by atoms with Crippen molar-refractivity contribution in [3.8, 4) is 0 Å². The Balaban J connectivity index is 2.71. The second kappa shape index (κ2) is 9.11. The number of benzene rings is 1. The summed E-state index contributed by atoms with van der Waals surface area (Å²) in [4.78, 5) is 0. The Kier molecular flexibility index (Phi) is 7.84. The van der Waals surface area contributed by atoms with E-state index in [-0.39, 0.29) is 0 Å². The molecule has 0 fully saturated rings. The average molecular weight is 300 g/mol. The fourth-order valence-electron chi connectivity index (χ4n) is 2.70. The second-order valence-electron chi connectivity index (χ2n) is 5.81. The summed E-state index contributed by atoms with van der Waals surface area (Å²) in [6.45, 7) is 4.34. The SMILES string of the molecule is CCCCCC(CCCCC)c1ccc(C(F)(F)F)cc1. The van der Waals surface area contributed by atoms with Crippen molar-refractivity contribution in [1.29, 1.82) is 0 Å². The first-order chi connectivity index (χ1) is 9.99. The molecule has 0 amide bonds. The van der Waals surface area contributed by atoms with Gasteiger partial charge in [0.1, 0.15) is 0 Å².